The lowest BCUT2D eigenvalue weighted by molar-refractivity contribution is -0.160. The Morgan fingerprint density at radius 1 is 1.22 bits per heavy atom. The van der Waals surface area contributed by atoms with Gasteiger partial charge in [-0.05, 0) is 12.5 Å². The monoisotopic (exact) mass is 252 g/mol. The first-order chi connectivity index (χ1) is 8.63. The second-order valence-electron chi connectivity index (χ2n) is 3.62. The summed E-state index contributed by atoms with van der Waals surface area (Å²) in [5.41, 5.74) is 0.844. The Labute approximate surface area is 105 Å². The van der Waals surface area contributed by atoms with E-state index in [2.05, 4.69) is 4.74 Å². The van der Waals surface area contributed by atoms with E-state index in [1.165, 1.54) is 0 Å². The summed E-state index contributed by atoms with van der Waals surface area (Å²) >= 11 is 0. The molecule has 18 heavy (non-hydrogen) atoms. The summed E-state index contributed by atoms with van der Waals surface area (Å²) < 4.78 is 9.49. The van der Waals surface area contributed by atoms with Crippen molar-refractivity contribution in [3.63, 3.8) is 0 Å². The minimum Gasteiger partial charge on any atom is -0.464 e. The lowest BCUT2D eigenvalue weighted by Crippen LogP contribution is -2.26. The van der Waals surface area contributed by atoms with Gasteiger partial charge in [0.1, 0.15) is 6.61 Å². The van der Waals surface area contributed by atoms with Crippen LogP contribution in [0.1, 0.15) is 18.9 Å². The zero-order valence-electron chi connectivity index (χ0n) is 10.2. The molecule has 0 fully saturated rings. The molecule has 1 aromatic carbocycles. The molecule has 1 N–H and O–H groups in total. The van der Waals surface area contributed by atoms with Crippen LogP contribution in [0.25, 0.3) is 0 Å². The fourth-order valence-electron chi connectivity index (χ4n) is 1.28. The summed E-state index contributed by atoms with van der Waals surface area (Å²) in [6.07, 6.45) is -1.86. The fourth-order valence-corrected chi connectivity index (χ4v) is 1.28. The van der Waals surface area contributed by atoms with Crippen LogP contribution in [0.5, 0.6) is 0 Å². The molecule has 5 heteroatoms. The smallest absolute Gasteiger partial charge is 0.335 e. The van der Waals surface area contributed by atoms with Gasteiger partial charge in [0, 0.05) is 0 Å². The van der Waals surface area contributed by atoms with Crippen LogP contribution in [0.2, 0.25) is 0 Å². The van der Waals surface area contributed by atoms with E-state index in [0.717, 1.165) is 5.56 Å². The highest BCUT2D eigenvalue weighted by molar-refractivity contribution is 5.81. The molecule has 0 saturated heterocycles. The summed E-state index contributed by atoms with van der Waals surface area (Å²) in [5.74, 6) is -1.45. The largest absolute Gasteiger partial charge is 0.464 e. The molecular formula is C13H16O5. The molecular weight excluding hydrogens is 236 g/mol. The maximum absolute atomic E-state index is 11.3. The van der Waals surface area contributed by atoms with E-state index >= 15 is 0 Å². The van der Waals surface area contributed by atoms with Crippen molar-refractivity contribution in [2.75, 3.05) is 6.61 Å². The maximum Gasteiger partial charge on any atom is 0.335 e. The van der Waals surface area contributed by atoms with E-state index in [9.17, 15) is 14.7 Å². The molecule has 0 saturated carbocycles. The standard InChI is InChI=1S/C13H16O5/c1-2-17-13(16)11(14)8-12(15)18-9-10-6-4-3-5-7-10/h3-7,11,14H,2,8-9H2,1H3/t11-/m0/s1. The predicted molar refractivity (Wildman–Crippen MR) is 63.5 cm³/mol. The highest BCUT2D eigenvalue weighted by Crippen LogP contribution is 2.03. The fraction of sp³-hybridized carbons (Fsp3) is 0.385. The third-order valence-electron chi connectivity index (χ3n) is 2.16. The molecule has 0 spiro atoms. The molecule has 98 valence electrons. The second kappa shape index (κ2) is 7.45. The molecule has 5 nitrogen and oxygen atoms in total. The minimum atomic E-state index is -1.46. The Morgan fingerprint density at radius 2 is 1.89 bits per heavy atom. The Kier molecular flexibility index (Phi) is 5.87. The van der Waals surface area contributed by atoms with E-state index < -0.39 is 24.5 Å². The van der Waals surface area contributed by atoms with E-state index in [0.29, 0.717) is 0 Å². The Morgan fingerprint density at radius 3 is 2.50 bits per heavy atom. The highest BCUT2D eigenvalue weighted by Gasteiger charge is 2.20. The SMILES string of the molecule is CCOC(=O)[C@@H](O)CC(=O)OCc1ccccc1. The van der Waals surface area contributed by atoms with Crippen molar-refractivity contribution in [2.24, 2.45) is 0 Å². The average molecular weight is 252 g/mol. The van der Waals surface area contributed by atoms with Crippen molar-refractivity contribution >= 4 is 11.9 Å². The van der Waals surface area contributed by atoms with Crippen LogP contribution in [-0.4, -0.2) is 29.8 Å². The quantitative estimate of drug-likeness (QED) is 0.766. The van der Waals surface area contributed by atoms with E-state index in [1.54, 1.807) is 6.92 Å². The van der Waals surface area contributed by atoms with Crippen LogP contribution in [0.4, 0.5) is 0 Å². The van der Waals surface area contributed by atoms with Gasteiger partial charge in [-0.15, -0.1) is 0 Å². The average Bonchev–Trinajstić information content (AvgIpc) is 2.38. The number of ether oxygens (including phenoxy) is 2. The maximum atomic E-state index is 11.3. The zero-order valence-corrected chi connectivity index (χ0v) is 10.2. The van der Waals surface area contributed by atoms with Crippen molar-refractivity contribution < 1.29 is 24.2 Å². The van der Waals surface area contributed by atoms with Gasteiger partial charge >= 0.3 is 11.9 Å². The van der Waals surface area contributed by atoms with Gasteiger partial charge in [-0.1, -0.05) is 30.3 Å². The molecule has 0 radical (unpaired) electrons. The summed E-state index contributed by atoms with van der Waals surface area (Å²) in [6, 6.07) is 9.15. The van der Waals surface area contributed by atoms with Crippen molar-refractivity contribution in [2.45, 2.75) is 26.1 Å². The molecule has 0 aliphatic carbocycles. The van der Waals surface area contributed by atoms with Gasteiger partial charge in [-0.2, -0.15) is 0 Å². The molecule has 1 atom stereocenters. The van der Waals surface area contributed by atoms with Gasteiger partial charge in [0.2, 0.25) is 0 Å². The number of hydrogen-bond donors (Lipinski definition) is 1. The number of esters is 2. The first-order valence-electron chi connectivity index (χ1n) is 5.67. The first kappa shape index (κ1) is 14.2. The third kappa shape index (κ3) is 4.97. The van der Waals surface area contributed by atoms with E-state index in [1.807, 2.05) is 30.3 Å². The number of carbonyl (C=O) groups excluding carboxylic acids is 2. The zero-order chi connectivity index (χ0) is 13.4. The van der Waals surface area contributed by atoms with Gasteiger partial charge < -0.3 is 14.6 Å². The number of aliphatic hydroxyl groups is 1. The summed E-state index contributed by atoms with van der Waals surface area (Å²) in [4.78, 5) is 22.4. The number of hydrogen-bond acceptors (Lipinski definition) is 5. The third-order valence-corrected chi connectivity index (χ3v) is 2.16. The number of benzene rings is 1. The van der Waals surface area contributed by atoms with Crippen molar-refractivity contribution in [3.05, 3.63) is 35.9 Å². The molecule has 0 bridgehead atoms. The van der Waals surface area contributed by atoms with Crippen molar-refractivity contribution in [1.82, 2.24) is 0 Å². The van der Waals surface area contributed by atoms with Gasteiger partial charge in [-0.3, -0.25) is 4.79 Å². The Balaban J connectivity index is 2.31. The molecule has 0 unspecified atom stereocenters. The minimum absolute atomic E-state index is 0.120. The van der Waals surface area contributed by atoms with Crippen LogP contribution in [0.3, 0.4) is 0 Å². The second-order valence-corrected chi connectivity index (χ2v) is 3.62. The van der Waals surface area contributed by atoms with Gasteiger partial charge in [-0.25, -0.2) is 4.79 Å². The van der Waals surface area contributed by atoms with Gasteiger partial charge in [0.25, 0.3) is 0 Å². The molecule has 1 rings (SSSR count). The van der Waals surface area contributed by atoms with Crippen molar-refractivity contribution in [3.8, 4) is 0 Å². The van der Waals surface area contributed by atoms with Crippen LogP contribution in [0.15, 0.2) is 30.3 Å². The lowest BCUT2D eigenvalue weighted by atomic mass is 10.2. The van der Waals surface area contributed by atoms with E-state index in [-0.39, 0.29) is 13.2 Å². The highest BCUT2D eigenvalue weighted by atomic mass is 16.6. The van der Waals surface area contributed by atoms with Gasteiger partial charge in [0.15, 0.2) is 6.10 Å². The van der Waals surface area contributed by atoms with Gasteiger partial charge in [0.05, 0.1) is 13.0 Å². The summed E-state index contributed by atoms with van der Waals surface area (Å²) in [7, 11) is 0. The van der Waals surface area contributed by atoms with Crippen molar-refractivity contribution in [1.29, 1.82) is 0 Å². The molecule has 1 aromatic rings. The van der Waals surface area contributed by atoms with E-state index in [4.69, 9.17) is 4.74 Å². The van der Waals surface area contributed by atoms with Crippen LogP contribution in [-0.2, 0) is 25.7 Å². The normalized spacial score (nSPS) is 11.7. The van der Waals surface area contributed by atoms with Crippen LogP contribution >= 0.6 is 0 Å². The topological polar surface area (TPSA) is 72.8 Å². The van der Waals surface area contributed by atoms with Crippen LogP contribution < -0.4 is 0 Å². The predicted octanol–water partition coefficient (Wildman–Crippen LogP) is 1.04. The molecule has 0 aliphatic heterocycles. The summed E-state index contributed by atoms with van der Waals surface area (Å²) in [6.45, 7) is 1.91. The molecule has 0 aromatic heterocycles. The molecule has 0 amide bonds. The summed E-state index contributed by atoms with van der Waals surface area (Å²) in [5, 5.41) is 9.34. The Hall–Kier alpha value is -1.88. The Bertz CT molecular complexity index is 388. The number of rotatable bonds is 6. The van der Waals surface area contributed by atoms with Crippen LogP contribution in [0, 0.1) is 0 Å². The first-order valence-corrected chi connectivity index (χ1v) is 5.67. The number of aliphatic hydroxyl groups excluding tert-OH is 1. The number of carbonyl (C=O) groups is 2. The molecule has 0 heterocycles. The molecule has 0 aliphatic rings. The lowest BCUT2D eigenvalue weighted by Gasteiger charge is -2.09.